The molecule has 0 spiro atoms. The fourth-order valence-electron chi connectivity index (χ4n) is 1.26. The van der Waals surface area contributed by atoms with Gasteiger partial charge in [0.2, 0.25) is 0 Å². The van der Waals surface area contributed by atoms with Gasteiger partial charge in [-0.2, -0.15) is 0 Å². The number of carbonyl (C=O) groups is 1. The molecule has 1 aromatic carbocycles. The zero-order valence-corrected chi connectivity index (χ0v) is 9.14. The molecule has 1 rings (SSSR count). The molecule has 0 aromatic heterocycles. The standard InChI is InChI=1S/C11H14FNO3/c1-7(11(15)16)13(2)6-8-3-4-10(14)9(12)5-8/h3-5,7,14H,6H2,1-2H3,(H,15,16). The third-order valence-corrected chi connectivity index (χ3v) is 2.46. The van der Waals surface area contributed by atoms with E-state index in [0.29, 0.717) is 12.1 Å². The van der Waals surface area contributed by atoms with Crippen LogP contribution in [0.15, 0.2) is 18.2 Å². The number of phenolic OH excluding ortho intramolecular Hbond substituents is 1. The van der Waals surface area contributed by atoms with Crippen LogP contribution in [0.3, 0.4) is 0 Å². The largest absolute Gasteiger partial charge is 0.505 e. The number of aliphatic carboxylic acids is 1. The van der Waals surface area contributed by atoms with E-state index in [9.17, 15) is 9.18 Å². The number of rotatable bonds is 4. The molecule has 0 aliphatic rings. The molecule has 0 saturated carbocycles. The summed E-state index contributed by atoms with van der Waals surface area (Å²) in [4.78, 5) is 12.3. The molecule has 1 unspecified atom stereocenters. The zero-order valence-electron chi connectivity index (χ0n) is 9.14. The first kappa shape index (κ1) is 12.4. The van der Waals surface area contributed by atoms with Crippen LogP contribution in [0.2, 0.25) is 0 Å². The lowest BCUT2D eigenvalue weighted by Crippen LogP contribution is -2.35. The van der Waals surface area contributed by atoms with Gasteiger partial charge in [0.15, 0.2) is 11.6 Å². The SMILES string of the molecule is CC(C(=O)O)N(C)Cc1ccc(O)c(F)c1. The fraction of sp³-hybridized carbons (Fsp3) is 0.364. The Hall–Kier alpha value is -1.62. The lowest BCUT2D eigenvalue weighted by molar-refractivity contribution is -0.142. The van der Waals surface area contributed by atoms with E-state index in [0.717, 1.165) is 0 Å². The van der Waals surface area contributed by atoms with Crippen LogP contribution in [-0.4, -0.2) is 34.2 Å². The van der Waals surface area contributed by atoms with E-state index in [1.165, 1.54) is 12.1 Å². The van der Waals surface area contributed by atoms with Gasteiger partial charge in [0, 0.05) is 6.54 Å². The molecule has 0 amide bonds. The molecule has 0 aliphatic heterocycles. The maximum Gasteiger partial charge on any atom is 0.320 e. The van der Waals surface area contributed by atoms with Gasteiger partial charge in [-0.25, -0.2) is 4.39 Å². The predicted octanol–water partition coefficient (Wildman–Crippen LogP) is 1.44. The van der Waals surface area contributed by atoms with Crippen molar-refractivity contribution in [3.8, 4) is 5.75 Å². The van der Waals surface area contributed by atoms with Crippen LogP contribution in [0.1, 0.15) is 12.5 Å². The van der Waals surface area contributed by atoms with Gasteiger partial charge in [-0.1, -0.05) is 6.07 Å². The summed E-state index contributed by atoms with van der Waals surface area (Å²) in [6.45, 7) is 1.86. The second kappa shape index (κ2) is 4.94. The number of carboxylic acids is 1. The number of halogens is 1. The molecule has 0 bridgehead atoms. The van der Waals surface area contributed by atoms with E-state index in [4.69, 9.17) is 10.2 Å². The average molecular weight is 227 g/mol. The van der Waals surface area contributed by atoms with Crippen LogP contribution in [0.5, 0.6) is 5.75 Å². The maximum absolute atomic E-state index is 13.0. The zero-order chi connectivity index (χ0) is 12.3. The number of hydrogen-bond donors (Lipinski definition) is 2. The molecule has 2 N–H and O–H groups in total. The molecule has 0 fully saturated rings. The van der Waals surface area contributed by atoms with Crippen molar-refractivity contribution in [1.82, 2.24) is 4.90 Å². The van der Waals surface area contributed by atoms with Crippen molar-refractivity contribution < 1.29 is 19.4 Å². The summed E-state index contributed by atoms with van der Waals surface area (Å²) in [5.41, 5.74) is 0.617. The third kappa shape index (κ3) is 2.93. The Morgan fingerprint density at radius 1 is 1.56 bits per heavy atom. The molecule has 1 aromatic rings. The quantitative estimate of drug-likeness (QED) is 0.817. The molecule has 1 atom stereocenters. The van der Waals surface area contributed by atoms with E-state index in [1.54, 1.807) is 24.9 Å². The van der Waals surface area contributed by atoms with Gasteiger partial charge in [0.25, 0.3) is 0 Å². The van der Waals surface area contributed by atoms with Crippen molar-refractivity contribution in [1.29, 1.82) is 0 Å². The number of likely N-dealkylation sites (N-methyl/N-ethyl adjacent to an activating group) is 1. The summed E-state index contributed by atoms with van der Waals surface area (Å²) < 4.78 is 13.0. The van der Waals surface area contributed by atoms with Crippen LogP contribution in [0, 0.1) is 5.82 Å². The Bertz CT molecular complexity index is 395. The highest BCUT2D eigenvalue weighted by atomic mass is 19.1. The first-order valence-electron chi connectivity index (χ1n) is 4.82. The van der Waals surface area contributed by atoms with Crippen LogP contribution < -0.4 is 0 Å². The molecule has 0 saturated heterocycles. The second-order valence-corrected chi connectivity index (χ2v) is 3.72. The highest BCUT2D eigenvalue weighted by molar-refractivity contribution is 5.72. The normalized spacial score (nSPS) is 12.8. The smallest absolute Gasteiger partial charge is 0.320 e. The van der Waals surface area contributed by atoms with Gasteiger partial charge in [-0.3, -0.25) is 9.69 Å². The van der Waals surface area contributed by atoms with Gasteiger partial charge in [0.05, 0.1) is 0 Å². The number of carboxylic acid groups (broad SMARTS) is 1. The predicted molar refractivity (Wildman–Crippen MR) is 56.6 cm³/mol. The minimum atomic E-state index is -0.929. The molecule has 5 heteroatoms. The lowest BCUT2D eigenvalue weighted by atomic mass is 10.2. The number of nitrogens with zero attached hydrogens (tertiary/aromatic N) is 1. The average Bonchev–Trinajstić information content (AvgIpc) is 2.22. The number of aromatic hydroxyl groups is 1. The van der Waals surface area contributed by atoms with E-state index in [1.807, 2.05) is 0 Å². The Morgan fingerprint density at radius 3 is 2.69 bits per heavy atom. The number of phenols is 1. The van der Waals surface area contributed by atoms with Crippen LogP contribution in [0.25, 0.3) is 0 Å². The summed E-state index contributed by atoms with van der Waals surface area (Å²) in [5, 5.41) is 17.8. The van der Waals surface area contributed by atoms with E-state index >= 15 is 0 Å². The van der Waals surface area contributed by atoms with Gasteiger partial charge >= 0.3 is 5.97 Å². The summed E-state index contributed by atoms with van der Waals surface area (Å²) in [6, 6.07) is 3.37. The first-order valence-corrected chi connectivity index (χ1v) is 4.82. The summed E-state index contributed by atoms with van der Waals surface area (Å²) in [5.74, 6) is -2.03. The molecule has 0 radical (unpaired) electrons. The molecule has 0 aliphatic carbocycles. The topological polar surface area (TPSA) is 60.8 Å². The van der Waals surface area contributed by atoms with E-state index in [-0.39, 0.29) is 0 Å². The molecule has 88 valence electrons. The Labute approximate surface area is 92.9 Å². The molecular weight excluding hydrogens is 213 g/mol. The first-order chi connectivity index (χ1) is 7.41. The van der Waals surface area contributed by atoms with Crippen molar-refractivity contribution in [3.63, 3.8) is 0 Å². The molecule has 0 heterocycles. The van der Waals surface area contributed by atoms with Gasteiger partial charge < -0.3 is 10.2 Å². The highest BCUT2D eigenvalue weighted by Crippen LogP contribution is 2.17. The van der Waals surface area contributed by atoms with E-state index in [2.05, 4.69) is 0 Å². The second-order valence-electron chi connectivity index (χ2n) is 3.72. The molecular formula is C11H14FNO3. The van der Waals surface area contributed by atoms with E-state index < -0.39 is 23.6 Å². The Morgan fingerprint density at radius 2 is 2.19 bits per heavy atom. The van der Waals surface area contributed by atoms with Crippen LogP contribution in [-0.2, 0) is 11.3 Å². The Kier molecular flexibility index (Phi) is 3.84. The van der Waals surface area contributed by atoms with Gasteiger partial charge in [-0.15, -0.1) is 0 Å². The third-order valence-electron chi connectivity index (χ3n) is 2.46. The highest BCUT2D eigenvalue weighted by Gasteiger charge is 2.16. The van der Waals surface area contributed by atoms with Crippen molar-refractivity contribution >= 4 is 5.97 Å². The van der Waals surface area contributed by atoms with Gasteiger partial charge in [0.1, 0.15) is 6.04 Å². The Balaban J connectivity index is 2.73. The number of hydrogen-bond acceptors (Lipinski definition) is 3. The van der Waals surface area contributed by atoms with Crippen molar-refractivity contribution in [3.05, 3.63) is 29.6 Å². The van der Waals surface area contributed by atoms with Crippen molar-refractivity contribution in [2.45, 2.75) is 19.5 Å². The maximum atomic E-state index is 13.0. The summed E-state index contributed by atoms with van der Waals surface area (Å²) >= 11 is 0. The minimum Gasteiger partial charge on any atom is -0.505 e. The lowest BCUT2D eigenvalue weighted by Gasteiger charge is -2.21. The van der Waals surface area contributed by atoms with Crippen LogP contribution >= 0.6 is 0 Å². The fourth-order valence-corrected chi connectivity index (χ4v) is 1.26. The molecule has 4 nitrogen and oxygen atoms in total. The number of benzene rings is 1. The van der Waals surface area contributed by atoms with Gasteiger partial charge in [-0.05, 0) is 31.7 Å². The van der Waals surface area contributed by atoms with Crippen molar-refractivity contribution in [2.24, 2.45) is 0 Å². The summed E-state index contributed by atoms with van der Waals surface area (Å²) in [7, 11) is 1.64. The van der Waals surface area contributed by atoms with Crippen LogP contribution in [0.4, 0.5) is 4.39 Å². The van der Waals surface area contributed by atoms with Crippen molar-refractivity contribution in [2.75, 3.05) is 7.05 Å². The monoisotopic (exact) mass is 227 g/mol. The minimum absolute atomic E-state index is 0.310. The summed E-state index contributed by atoms with van der Waals surface area (Å²) in [6.07, 6.45) is 0. The molecule has 16 heavy (non-hydrogen) atoms.